The van der Waals surface area contributed by atoms with Gasteiger partial charge in [-0.1, -0.05) is 0 Å². The first-order chi connectivity index (χ1) is 13.6. The van der Waals surface area contributed by atoms with Crippen molar-refractivity contribution in [2.24, 2.45) is 13.0 Å². The standard InChI is InChI=1S/C20H25N5O3/c1-24-10-9-22-19(24)18-15(5-6-17(26)25(18)14-3-4-14)20(27)23-11-13-7-8-21-12-16(13)28-2/h7-10,12,14-15,18H,3-6,11H2,1-2H3,(H,23,27)/t15-,18-/m0/s1. The van der Waals surface area contributed by atoms with Gasteiger partial charge in [-0.05, 0) is 25.3 Å². The molecular weight excluding hydrogens is 358 g/mol. The van der Waals surface area contributed by atoms with Crippen LogP contribution in [0.4, 0.5) is 0 Å². The molecule has 8 heteroatoms. The van der Waals surface area contributed by atoms with Gasteiger partial charge in [0.2, 0.25) is 11.8 Å². The van der Waals surface area contributed by atoms with Gasteiger partial charge in [-0.15, -0.1) is 0 Å². The van der Waals surface area contributed by atoms with E-state index in [1.807, 2.05) is 28.8 Å². The van der Waals surface area contributed by atoms with E-state index in [4.69, 9.17) is 4.74 Å². The van der Waals surface area contributed by atoms with Crippen molar-refractivity contribution < 1.29 is 14.3 Å². The highest BCUT2D eigenvalue weighted by Gasteiger charge is 2.47. The van der Waals surface area contributed by atoms with Crippen LogP contribution in [-0.2, 0) is 23.2 Å². The number of hydrogen-bond donors (Lipinski definition) is 1. The summed E-state index contributed by atoms with van der Waals surface area (Å²) in [6.45, 7) is 0.353. The lowest BCUT2D eigenvalue weighted by molar-refractivity contribution is -0.144. The summed E-state index contributed by atoms with van der Waals surface area (Å²) in [4.78, 5) is 36.2. The van der Waals surface area contributed by atoms with Gasteiger partial charge in [-0.2, -0.15) is 0 Å². The molecule has 1 aliphatic heterocycles. The topological polar surface area (TPSA) is 89.3 Å². The van der Waals surface area contributed by atoms with Crippen molar-refractivity contribution in [2.75, 3.05) is 7.11 Å². The van der Waals surface area contributed by atoms with Crippen molar-refractivity contribution in [1.82, 2.24) is 24.8 Å². The van der Waals surface area contributed by atoms with E-state index in [2.05, 4.69) is 15.3 Å². The summed E-state index contributed by atoms with van der Waals surface area (Å²) in [6.07, 6.45) is 9.80. The van der Waals surface area contributed by atoms with Crippen molar-refractivity contribution >= 4 is 11.8 Å². The molecule has 0 bridgehead atoms. The largest absolute Gasteiger partial charge is 0.495 e. The summed E-state index contributed by atoms with van der Waals surface area (Å²) in [6, 6.07) is 1.73. The van der Waals surface area contributed by atoms with E-state index in [9.17, 15) is 9.59 Å². The van der Waals surface area contributed by atoms with Crippen LogP contribution in [0.15, 0.2) is 30.9 Å². The second-order valence-corrected chi connectivity index (χ2v) is 7.42. The number of imidazole rings is 1. The SMILES string of the molecule is COc1cnccc1CNC(=O)[C@H]1CCC(=O)N(C2CC2)[C@@H]1c1nccn1C. The Morgan fingerprint density at radius 3 is 2.82 bits per heavy atom. The maximum absolute atomic E-state index is 13.1. The number of nitrogens with one attached hydrogen (secondary N) is 1. The van der Waals surface area contributed by atoms with Gasteiger partial charge in [0.1, 0.15) is 17.6 Å². The number of methoxy groups -OCH3 is 1. The van der Waals surface area contributed by atoms with Crippen LogP contribution < -0.4 is 10.1 Å². The zero-order valence-electron chi connectivity index (χ0n) is 16.2. The number of aromatic nitrogens is 3. The van der Waals surface area contributed by atoms with Crippen LogP contribution in [0, 0.1) is 5.92 Å². The Morgan fingerprint density at radius 1 is 1.32 bits per heavy atom. The zero-order chi connectivity index (χ0) is 19.7. The van der Waals surface area contributed by atoms with E-state index in [1.54, 1.807) is 25.7 Å². The molecule has 2 atom stereocenters. The lowest BCUT2D eigenvalue weighted by atomic mass is 9.86. The second-order valence-electron chi connectivity index (χ2n) is 7.42. The maximum Gasteiger partial charge on any atom is 0.225 e. The van der Waals surface area contributed by atoms with Gasteiger partial charge < -0.3 is 19.5 Å². The van der Waals surface area contributed by atoms with Crippen molar-refractivity contribution in [2.45, 2.75) is 44.3 Å². The summed E-state index contributed by atoms with van der Waals surface area (Å²) in [5, 5.41) is 3.03. The van der Waals surface area contributed by atoms with Crippen LogP contribution in [0.25, 0.3) is 0 Å². The van der Waals surface area contributed by atoms with E-state index >= 15 is 0 Å². The molecule has 2 aromatic heterocycles. The molecule has 28 heavy (non-hydrogen) atoms. The molecule has 0 aromatic carbocycles. The van der Waals surface area contributed by atoms with Crippen molar-refractivity contribution in [3.05, 3.63) is 42.2 Å². The first-order valence-electron chi connectivity index (χ1n) is 9.63. The molecule has 2 aromatic rings. The number of amides is 2. The molecular formula is C20H25N5O3. The Hall–Kier alpha value is -2.90. The number of rotatable bonds is 6. The molecule has 8 nitrogen and oxygen atoms in total. The molecule has 1 aliphatic carbocycles. The third kappa shape index (κ3) is 3.46. The molecule has 1 saturated heterocycles. The van der Waals surface area contributed by atoms with E-state index in [1.165, 1.54) is 0 Å². The predicted molar refractivity (Wildman–Crippen MR) is 101 cm³/mol. The summed E-state index contributed by atoms with van der Waals surface area (Å²) < 4.78 is 7.22. The minimum atomic E-state index is -0.327. The fourth-order valence-electron chi connectivity index (χ4n) is 3.99. The highest BCUT2D eigenvalue weighted by Crippen LogP contribution is 2.43. The van der Waals surface area contributed by atoms with E-state index in [0.29, 0.717) is 25.1 Å². The fourth-order valence-corrected chi connectivity index (χ4v) is 3.99. The Labute approximate surface area is 163 Å². The van der Waals surface area contributed by atoms with E-state index < -0.39 is 0 Å². The van der Waals surface area contributed by atoms with Crippen molar-refractivity contribution in [1.29, 1.82) is 0 Å². The van der Waals surface area contributed by atoms with Gasteiger partial charge in [0.05, 0.1) is 19.2 Å². The highest BCUT2D eigenvalue weighted by atomic mass is 16.5. The Balaban J connectivity index is 1.56. The van der Waals surface area contributed by atoms with E-state index in [-0.39, 0.29) is 29.8 Å². The first-order valence-corrected chi connectivity index (χ1v) is 9.63. The summed E-state index contributed by atoms with van der Waals surface area (Å²) in [7, 11) is 3.49. The number of piperidine rings is 1. The number of aryl methyl sites for hydroxylation is 1. The third-order valence-corrected chi connectivity index (χ3v) is 5.58. The number of pyridine rings is 1. The van der Waals surface area contributed by atoms with Crippen molar-refractivity contribution in [3.63, 3.8) is 0 Å². The quantitative estimate of drug-likeness (QED) is 0.818. The highest BCUT2D eigenvalue weighted by molar-refractivity contribution is 5.85. The summed E-state index contributed by atoms with van der Waals surface area (Å²) >= 11 is 0. The predicted octanol–water partition coefficient (Wildman–Crippen LogP) is 1.58. The second kappa shape index (κ2) is 7.61. The molecule has 1 N–H and O–H groups in total. The number of hydrogen-bond acceptors (Lipinski definition) is 5. The Kier molecular flexibility index (Phi) is 5.02. The Bertz CT molecular complexity index is 876. The molecule has 0 spiro atoms. The number of ether oxygens (including phenoxy) is 1. The van der Waals surface area contributed by atoms with Crippen molar-refractivity contribution in [3.8, 4) is 5.75 Å². The number of carbonyl (C=O) groups is 2. The smallest absolute Gasteiger partial charge is 0.225 e. The van der Waals surface area contributed by atoms with Gasteiger partial charge in [0.25, 0.3) is 0 Å². The molecule has 2 fully saturated rings. The molecule has 1 saturated carbocycles. The Morgan fingerprint density at radius 2 is 2.14 bits per heavy atom. The third-order valence-electron chi connectivity index (χ3n) is 5.58. The van der Waals surface area contributed by atoms with Crippen LogP contribution in [0.2, 0.25) is 0 Å². The number of carbonyl (C=O) groups excluding carboxylic acids is 2. The molecule has 0 radical (unpaired) electrons. The minimum absolute atomic E-state index is 0.0648. The zero-order valence-corrected chi connectivity index (χ0v) is 16.2. The lowest BCUT2D eigenvalue weighted by Crippen LogP contribution is -2.49. The van der Waals surface area contributed by atoms with Crippen LogP contribution in [-0.4, -0.2) is 44.4 Å². The average Bonchev–Trinajstić information content (AvgIpc) is 3.46. The molecule has 2 aliphatic rings. The van der Waals surface area contributed by atoms with Gasteiger partial charge in [0, 0.05) is 50.2 Å². The normalized spacial score (nSPS) is 22.2. The van der Waals surface area contributed by atoms with E-state index in [0.717, 1.165) is 24.2 Å². The molecule has 148 valence electrons. The molecule has 3 heterocycles. The minimum Gasteiger partial charge on any atom is -0.495 e. The van der Waals surface area contributed by atoms with Crippen LogP contribution in [0.1, 0.15) is 43.1 Å². The van der Waals surface area contributed by atoms with Crippen LogP contribution >= 0.6 is 0 Å². The van der Waals surface area contributed by atoms with Gasteiger partial charge >= 0.3 is 0 Å². The number of likely N-dealkylation sites (tertiary alicyclic amines) is 1. The van der Waals surface area contributed by atoms with Gasteiger partial charge in [0.15, 0.2) is 0 Å². The van der Waals surface area contributed by atoms with Gasteiger partial charge in [-0.25, -0.2) is 4.98 Å². The summed E-state index contributed by atoms with van der Waals surface area (Å²) in [5.74, 6) is 1.14. The monoisotopic (exact) mass is 383 g/mol. The maximum atomic E-state index is 13.1. The molecule has 4 rings (SSSR count). The fraction of sp³-hybridized carbons (Fsp3) is 0.500. The molecule has 0 unspecified atom stereocenters. The van der Waals surface area contributed by atoms with Crippen LogP contribution in [0.5, 0.6) is 5.75 Å². The lowest BCUT2D eigenvalue weighted by Gasteiger charge is -2.40. The van der Waals surface area contributed by atoms with Gasteiger partial charge in [-0.3, -0.25) is 14.6 Å². The molecule has 2 amide bonds. The number of nitrogens with zero attached hydrogens (tertiary/aromatic N) is 4. The summed E-state index contributed by atoms with van der Waals surface area (Å²) in [5.41, 5.74) is 0.866. The first kappa shape index (κ1) is 18.5. The average molecular weight is 383 g/mol. The van der Waals surface area contributed by atoms with Crippen LogP contribution in [0.3, 0.4) is 0 Å².